The molecule has 1 aliphatic carbocycles. The van der Waals surface area contributed by atoms with Crippen LogP contribution in [0.4, 0.5) is 4.39 Å². The van der Waals surface area contributed by atoms with Crippen LogP contribution in [0.2, 0.25) is 0 Å². The molecule has 0 bridgehead atoms. The molecule has 0 spiro atoms. The van der Waals surface area contributed by atoms with E-state index in [0.717, 1.165) is 33.4 Å². The number of hydrogen-bond acceptors (Lipinski definition) is 3. The van der Waals surface area contributed by atoms with E-state index in [4.69, 9.17) is 5.21 Å². The molecule has 1 aliphatic rings. The van der Waals surface area contributed by atoms with Crippen LogP contribution in [0.15, 0.2) is 52.9 Å². The van der Waals surface area contributed by atoms with Crippen molar-refractivity contribution in [3.63, 3.8) is 0 Å². The van der Waals surface area contributed by atoms with Gasteiger partial charge in [-0.05, 0) is 83.4 Å². The van der Waals surface area contributed by atoms with Crippen molar-refractivity contribution in [2.45, 2.75) is 18.2 Å². The molecule has 0 amide bonds. The van der Waals surface area contributed by atoms with Crippen LogP contribution in [0.5, 0.6) is 0 Å². The van der Waals surface area contributed by atoms with Gasteiger partial charge < -0.3 is 5.21 Å². The number of hydrogen-bond donors (Lipinski definition) is 2. The Bertz CT molecular complexity index is 809. The van der Waals surface area contributed by atoms with E-state index in [2.05, 4.69) is 49.0 Å². The van der Waals surface area contributed by atoms with Crippen LogP contribution in [0, 0.1) is 5.82 Å². The van der Waals surface area contributed by atoms with Gasteiger partial charge >= 0.3 is 0 Å². The second-order valence-corrected chi connectivity index (χ2v) is 6.66. The summed E-state index contributed by atoms with van der Waals surface area (Å²) < 4.78 is 13.7. The second-order valence-electron chi connectivity index (χ2n) is 5.78. The van der Waals surface area contributed by atoms with Crippen LogP contribution >= 0.6 is 11.8 Å². The van der Waals surface area contributed by atoms with Crippen LogP contribution in [-0.2, 0) is 0 Å². The fourth-order valence-corrected chi connectivity index (χ4v) is 3.53. The predicted octanol–water partition coefficient (Wildman–Crippen LogP) is 5.24. The Labute approximate surface area is 146 Å². The van der Waals surface area contributed by atoms with E-state index < -0.39 is 0 Å². The maximum absolute atomic E-state index is 13.7. The Morgan fingerprint density at radius 3 is 2.54 bits per heavy atom. The summed E-state index contributed by atoms with van der Waals surface area (Å²) in [7, 11) is 0. The van der Waals surface area contributed by atoms with E-state index in [9.17, 15) is 4.39 Å². The molecule has 0 aliphatic heterocycles. The van der Waals surface area contributed by atoms with E-state index in [1.54, 1.807) is 17.8 Å². The van der Waals surface area contributed by atoms with Crippen LogP contribution in [0.1, 0.15) is 30.0 Å². The van der Waals surface area contributed by atoms with Crippen molar-refractivity contribution >= 4 is 29.0 Å². The van der Waals surface area contributed by atoms with E-state index in [1.807, 2.05) is 6.07 Å². The molecule has 0 atom stereocenters. The highest BCUT2D eigenvalue weighted by Gasteiger charge is 2.23. The third-order valence-electron chi connectivity index (χ3n) is 4.37. The Morgan fingerprint density at radius 2 is 1.88 bits per heavy atom. The topological polar surface area (TPSA) is 32.3 Å². The third kappa shape index (κ3) is 3.31. The molecule has 0 heterocycles. The van der Waals surface area contributed by atoms with E-state index in [1.165, 1.54) is 11.0 Å². The van der Waals surface area contributed by atoms with Gasteiger partial charge in [-0.3, -0.25) is 0 Å². The van der Waals surface area contributed by atoms with Crippen LogP contribution in [0.25, 0.3) is 17.2 Å². The summed E-state index contributed by atoms with van der Waals surface area (Å²) in [4.78, 5) is 1.23. The number of halogens is 1. The van der Waals surface area contributed by atoms with Crippen molar-refractivity contribution in [1.82, 2.24) is 5.48 Å². The monoisotopic (exact) mass is 341 g/mol. The average molecular weight is 341 g/mol. The van der Waals surface area contributed by atoms with Gasteiger partial charge in [-0.25, -0.2) is 9.87 Å². The zero-order valence-corrected chi connectivity index (χ0v) is 14.6. The average Bonchev–Trinajstić information content (AvgIpc) is 2.85. The van der Waals surface area contributed by atoms with Crippen LogP contribution in [0.3, 0.4) is 0 Å². The lowest BCUT2D eigenvalue weighted by Crippen LogP contribution is -2.09. The Hall–Kier alpha value is -1.88. The van der Waals surface area contributed by atoms with Gasteiger partial charge in [-0.2, -0.15) is 0 Å². The first-order chi connectivity index (χ1) is 11.6. The maximum atomic E-state index is 13.7. The van der Waals surface area contributed by atoms with Gasteiger partial charge in [0, 0.05) is 11.4 Å². The number of hydroxylamine groups is 1. The lowest BCUT2D eigenvalue weighted by Gasteiger charge is -2.05. The SMILES string of the molecule is CSc1ccc(/C=C2/C(C)=C(CCNO)c3cc(F)ccc32)cc1. The molecule has 2 aromatic rings. The number of benzene rings is 2. The summed E-state index contributed by atoms with van der Waals surface area (Å²) in [6.45, 7) is 2.50. The second kappa shape index (κ2) is 7.34. The Morgan fingerprint density at radius 1 is 1.12 bits per heavy atom. The summed E-state index contributed by atoms with van der Waals surface area (Å²) >= 11 is 1.72. The minimum absolute atomic E-state index is 0.235. The van der Waals surface area contributed by atoms with Crippen molar-refractivity contribution in [2.75, 3.05) is 12.8 Å². The van der Waals surface area contributed by atoms with E-state index in [-0.39, 0.29) is 5.82 Å². The maximum Gasteiger partial charge on any atom is 0.123 e. The minimum Gasteiger partial charge on any atom is -0.317 e. The van der Waals surface area contributed by atoms with Gasteiger partial charge in [0.15, 0.2) is 0 Å². The largest absolute Gasteiger partial charge is 0.317 e. The fraction of sp³-hybridized carbons (Fsp3) is 0.200. The van der Waals surface area contributed by atoms with Gasteiger partial charge in [-0.15, -0.1) is 11.8 Å². The molecule has 0 saturated heterocycles. The molecule has 0 saturated carbocycles. The minimum atomic E-state index is -0.235. The fourth-order valence-electron chi connectivity index (χ4n) is 3.12. The van der Waals surface area contributed by atoms with Crippen LogP contribution in [-0.4, -0.2) is 18.0 Å². The molecule has 24 heavy (non-hydrogen) atoms. The first-order valence-electron chi connectivity index (χ1n) is 7.87. The summed E-state index contributed by atoms with van der Waals surface area (Å²) in [5.41, 5.74) is 8.63. The molecular formula is C20H20FNOS. The molecule has 0 unspecified atom stereocenters. The molecule has 0 fully saturated rings. The van der Waals surface area contributed by atoms with Gasteiger partial charge in [0.2, 0.25) is 0 Å². The van der Waals surface area contributed by atoms with Gasteiger partial charge in [0.05, 0.1) is 0 Å². The van der Waals surface area contributed by atoms with Gasteiger partial charge in [0.1, 0.15) is 5.82 Å². The Kier molecular flexibility index (Phi) is 5.19. The highest BCUT2D eigenvalue weighted by molar-refractivity contribution is 7.98. The molecule has 0 aromatic heterocycles. The summed E-state index contributed by atoms with van der Waals surface area (Å²) in [5, 5.41) is 8.90. The van der Waals surface area contributed by atoms with Crippen molar-refractivity contribution < 1.29 is 9.60 Å². The predicted molar refractivity (Wildman–Crippen MR) is 99.5 cm³/mol. The summed E-state index contributed by atoms with van der Waals surface area (Å²) in [6, 6.07) is 13.3. The summed E-state index contributed by atoms with van der Waals surface area (Å²) in [5.74, 6) is -0.235. The number of allylic oxidation sites excluding steroid dienone is 2. The Balaban J connectivity index is 2.06. The van der Waals surface area contributed by atoms with Crippen LogP contribution < -0.4 is 5.48 Å². The number of rotatable bonds is 5. The molecule has 0 radical (unpaired) electrons. The highest BCUT2D eigenvalue weighted by atomic mass is 32.2. The normalized spacial score (nSPS) is 15.2. The number of thioether (sulfide) groups is 1. The van der Waals surface area contributed by atoms with E-state index >= 15 is 0 Å². The first-order valence-corrected chi connectivity index (χ1v) is 9.09. The standard InChI is InChI=1S/C20H20FNOS/c1-13-17(9-10-22-23)20-12-15(21)5-8-18(20)19(13)11-14-3-6-16(24-2)7-4-14/h3-8,11-12,22-23H,9-10H2,1-2H3/b19-11-. The molecule has 4 heteroatoms. The van der Waals surface area contributed by atoms with Crippen molar-refractivity contribution in [2.24, 2.45) is 0 Å². The summed E-state index contributed by atoms with van der Waals surface area (Å²) in [6.07, 6.45) is 4.86. The zero-order chi connectivity index (χ0) is 17.1. The van der Waals surface area contributed by atoms with Crippen molar-refractivity contribution in [1.29, 1.82) is 0 Å². The quantitative estimate of drug-likeness (QED) is 0.576. The zero-order valence-electron chi connectivity index (χ0n) is 13.8. The lowest BCUT2D eigenvalue weighted by atomic mass is 10.0. The van der Waals surface area contributed by atoms with Crippen molar-refractivity contribution in [3.8, 4) is 0 Å². The molecule has 2 N–H and O–H groups in total. The van der Waals surface area contributed by atoms with Crippen molar-refractivity contribution in [3.05, 3.63) is 70.5 Å². The smallest absolute Gasteiger partial charge is 0.123 e. The molecule has 3 rings (SSSR count). The number of fused-ring (bicyclic) bond motifs is 1. The molecule has 124 valence electrons. The molecule has 2 nitrogen and oxygen atoms in total. The third-order valence-corrected chi connectivity index (χ3v) is 5.11. The van der Waals surface area contributed by atoms with Gasteiger partial charge in [-0.1, -0.05) is 18.2 Å². The lowest BCUT2D eigenvalue weighted by molar-refractivity contribution is 0.169. The molecule has 2 aromatic carbocycles. The molecular weight excluding hydrogens is 321 g/mol. The van der Waals surface area contributed by atoms with Gasteiger partial charge in [0.25, 0.3) is 0 Å². The highest BCUT2D eigenvalue weighted by Crippen LogP contribution is 2.43. The van der Waals surface area contributed by atoms with E-state index in [0.29, 0.717) is 13.0 Å². The number of nitrogens with one attached hydrogen (secondary N) is 1. The first kappa shape index (κ1) is 17.0.